The van der Waals surface area contributed by atoms with Crippen LogP contribution in [0.15, 0.2) is 41.5 Å². The number of benzene rings is 1. The van der Waals surface area contributed by atoms with E-state index in [1.165, 1.54) is 24.3 Å². The minimum atomic E-state index is -4.70. The topological polar surface area (TPSA) is 27.1 Å². The van der Waals surface area contributed by atoms with Crippen LogP contribution >= 0.6 is 15.9 Å². The maximum Gasteiger partial charge on any atom is 0.573 e. The van der Waals surface area contributed by atoms with Crippen molar-refractivity contribution in [2.24, 2.45) is 0 Å². The number of aromatic nitrogens is 2. The molecule has 20 heavy (non-hydrogen) atoms. The van der Waals surface area contributed by atoms with Crippen molar-refractivity contribution in [3.05, 3.63) is 47.2 Å². The molecular formula is C13H10BrF3N2O. The third-order valence-electron chi connectivity index (χ3n) is 2.43. The molecule has 106 valence electrons. The Labute approximate surface area is 121 Å². The van der Waals surface area contributed by atoms with Gasteiger partial charge in [0.1, 0.15) is 10.4 Å². The molecule has 0 fully saturated rings. The van der Waals surface area contributed by atoms with Gasteiger partial charge in [-0.1, -0.05) is 6.58 Å². The lowest BCUT2D eigenvalue weighted by Gasteiger charge is -2.10. The van der Waals surface area contributed by atoms with E-state index in [9.17, 15) is 13.2 Å². The Morgan fingerprint density at radius 2 is 1.90 bits per heavy atom. The van der Waals surface area contributed by atoms with Gasteiger partial charge in [0.25, 0.3) is 0 Å². The summed E-state index contributed by atoms with van der Waals surface area (Å²) < 4.78 is 42.3. The Balaban J connectivity index is 2.33. The van der Waals surface area contributed by atoms with Crippen molar-refractivity contribution >= 4 is 21.5 Å². The van der Waals surface area contributed by atoms with Gasteiger partial charge in [0.05, 0.1) is 11.4 Å². The first-order valence-corrected chi connectivity index (χ1v) is 6.33. The second-order valence-corrected chi connectivity index (χ2v) is 4.90. The molecule has 0 aliphatic carbocycles. The van der Waals surface area contributed by atoms with Gasteiger partial charge in [-0.05, 0) is 58.8 Å². The fourth-order valence-corrected chi connectivity index (χ4v) is 2.02. The predicted octanol–water partition coefficient (Wildman–Crippen LogP) is 4.57. The van der Waals surface area contributed by atoms with Crippen LogP contribution in [0.1, 0.15) is 12.6 Å². The molecule has 0 saturated heterocycles. The lowest BCUT2D eigenvalue weighted by Crippen LogP contribution is -2.17. The summed E-state index contributed by atoms with van der Waals surface area (Å²) in [6.45, 7) is 5.66. The van der Waals surface area contributed by atoms with E-state index in [0.717, 1.165) is 11.3 Å². The van der Waals surface area contributed by atoms with Crippen molar-refractivity contribution in [2.45, 2.75) is 13.3 Å². The normalized spacial score (nSPS) is 11.4. The van der Waals surface area contributed by atoms with Crippen LogP contribution in [0, 0.1) is 0 Å². The van der Waals surface area contributed by atoms with E-state index < -0.39 is 6.36 Å². The maximum absolute atomic E-state index is 12.1. The van der Waals surface area contributed by atoms with Gasteiger partial charge in [-0.15, -0.1) is 13.2 Å². The van der Waals surface area contributed by atoms with E-state index in [1.54, 1.807) is 10.7 Å². The highest BCUT2D eigenvalue weighted by atomic mass is 79.9. The number of hydrogen-bond donors (Lipinski definition) is 0. The molecule has 2 aromatic rings. The zero-order valence-electron chi connectivity index (χ0n) is 10.4. The third-order valence-corrected chi connectivity index (χ3v) is 2.82. The van der Waals surface area contributed by atoms with Crippen LogP contribution in [0.2, 0.25) is 0 Å². The van der Waals surface area contributed by atoms with E-state index in [2.05, 4.69) is 32.3 Å². The van der Waals surface area contributed by atoms with Gasteiger partial charge >= 0.3 is 6.36 Å². The molecule has 0 radical (unpaired) electrons. The number of hydrogen-bond acceptors (Lipinski definition) is 2. The molecule has 1 heterocycles. The van der Waals surface area contributed by atoms with Crippen LogP contribution in [0.3, 0.4) is 0 Å². The highest BCUT2D eigenvalue weighted by molar-refractivity contribution is 9.10. The lowest BCUT2D eigenvalue weighted by molar-refractivity contribution is -0.274. The smallest absolute Gasteiger partial charge is 0.406 e. The molecular weight excluding hydrogens is 337 g/mol. The van der Waals surface area contributed by atoms with Gasteiger partial charge in [0, 0.05) is 0 Å². The van der Waals surface area contributed by atoms with Crippen LogP contribution in [0.5, 0.6) is 5.75 Å². The summed E-state index contributed by atoms with van der Waals surface area (Å²) in [6, 6.07) is 7.24. The maximum atomic E-state index is 12.1. The molecule has 0 spiro atoms. The molecule has 0 bridgehead atoms. The molecule has 0 atom stereocenters. The van der Waals surface area contributed by atoms with Gasteiger partial charge in [0.2, 0.25) is 0 Å². The van der Waals surface area contributed by atoms with Crippen LogP contribution in [0.4, 0.5) is 13.2 Å². The zero-order valence-corrected chi connectivity index (χ0v) is 12.0. The number of halogens is 4. The summed E-state index contributed by atoms with van der Waals surface area (Å²) in [6.07, 6.45) is -4.70. The van der Waals surface area contributed by atoms with Crippen molar-refractivity contribution in [1.82, 2.24) is 9.78 Å². The molecule has 3 nitrogen and oxygen atoms in total. The van der Waals surface area contributed by atoms with E-state index in [-0.39, 0.29) is 5.75 Å². The Morgan fingerprint density at radius 3 is 2.40 bits per heavy atom. The van der Waals surface area contributed by atoms with Gasteiger partial charge in [-0.25, -0.2) is 4.68 Å². The molecule has 1 aromatic heterocycles. The molecule has 0 aliphatic heterocycles. The zero-order chi connectivity index (χ0) is 14.9. The molecule has 0 saturated carbocycles. The van der Waals surface area contributed by atoms with Gasteiger partial charge in [0.15, 0.2) is 0 Å². The second-order valence-electron chi connectivity index (χ2n) is 4.09. The Bertz CT molecular complexity index is 632. The first-order chi connectivity index (χ1) is 9.26. The van der Waals surface area contributed by atoms with Gasteiger partial charge < -0.3 is 4.74 Å². The summed E-state index contributed by atoms with van der Waals surface area (Å²) in [7, 11) is 0. The van der Waals surface area contributed by atoms with Crippen LogP contribution < -0.4 is 4.74 Å². The number of rotatable bonds is 3. The summed E-state index contributed by atoms with van der Waals surface area (Å²) in [5.41, 5.74) is 2.17. The first kappa shape index (κ1) is 14.6. The lowest BCUT2D eigenvalue weighted by atomic mass is 10.2. The van der Waals surface area contributed by atoms with Crippen LogP contribution in [0.25, 0.3) is 11.3 Å². The fourth-order valence-electron chi connectivity index (χ4n) is 1.64. The number of allylic oxidation sites excluding steroid dienone is 1. The van der Waals surface area contributed by atoms with E-state index in [0.29, 0.717) is 10.3 Å². The molecule has 7 heteroatoms. The Morgan fingerprint density at radius 1 is 1.30 bits per heavy atom. The molecule has 2 rings (SSSR count). The van der Waals surface area contributed by atoms with Crippen molar-refractivity contribution < 1.29 is 17.9 Å². The van der Waals surface area contributed by atoms with Crippen molar-refractivity contribution in [3.8, 4) is 11.4 Å². The van der Waals surface area contributed by atoms with Gasteiger partial charge in [-0.2, -0.15) is 5.10 Å². The minimum Gasteiger partial charge on any atom is -0.406 e. The minimum absolute atomic E-state index is 0.274. The predicted molar refractivity (Wildman–Crippen MR) is 72.7 cm³/mol. The molecule has 1 aromatic carbocycles. The Kier molecular flexibility index (Phi) is 3.89. The number of nitrogens with zero attached hydrogens (tertiary/aromatic N) is 2. The summed E-state index contributed by atoms with van der Waals surface area (Å²) in [5.74, 6) is -0.274. The molecule has 0 aliphatic rings. The fraction of sp³-hybridized carbons (Fsp3) is 0.154. The average Bonchev–Trinajstić information content (AvgIpc) is 2.70. The largest absolute Gasteiger partial charge is 0.573 e. The molecule has 0 amide bonds. The van der Waals surface area contributed by atoms with Gasteiger partial charge in [-0.3, -0.25) is 0 Å². The third kappa shape index (κ3) is 3.41. The summed E-state index contributed by atoms with van der Waals surface area (Å²) in [4.78, 5) is 0. The summed E-state index contributed by atoms with van der Waals surface area (Å²) in [5, 5.41) is 4.22. The monoisotopic (exact) mass is 346 g/mol. The highest BCUT2D eigenvalue weighted by Crippen LogP contribution is 2.26. The highest BCUT2D eigenvalue weighted by Gasteiger charge is 2.31. The molecule has 0 N–H and O–H groups in total. The average molecular weight is 347 g/mol. The van der Waals surface area contributed by atoms with Crippen LogP contribution in [-0.2, 0) is 0 Å². The standard InChI is InChI=1S/C13H10BrF3N2O/c1-8(2)11-7-12(14)18-19(11)9-3-5-10(6-4-9)20-13(15,16)17/h3-7H,1H2,2H3. The quantitative estimate of drug-likeness (QED) is 0.814. The Hall–Kier alpha value is -1.76. The van der Waals surface area contributed by atoms with E-state index >= 15 is 0 Å². The number of ether oxygens (including phenoxy) is 1. The molecule has 0 unspecified atom stereocenters. The van der Waals surface area contributed by atoms with E-state index in [4.69, 9.17) is 0 Å². The number of alkyl halides is 3. The van der Waals surface area contributed by atoms with Crippen molar-refractivity contribution in [3.63, 3.8) is 0 Å². The van der Waals surface area contributed by atoms with E-state index in [1.807, 2.05) is 6.92 Å². The first-order valence-electron chi connectivity index (χ1n) is 5.54. The summed E-state index contributed by atoms with van der Waals surface area (Å²) >= 11 is 3.26. The second kappa shape index (κ2) is 5.32. The SMILES string of the molecule is C=C(C)c1cc(Br)nn1-c1ccc(OC(F)(F)F)cc1. The van der Waals surface area contributed by atoms with Crippen molar-refractivity contribution in [2.75, 3.05) is 0 Å². The van der Waals surface area contributed by atoms with Crippen molar-refractivity contribution in [1.29, 1.82) is 0 Å². The van der Waals surface area contributed by atoms with Crippen LogP contribution in [-0.4, -0.2) is 16.1 Å².